The molecule has 0 aromatic carbocycles. The molecule has 2 N–H and O–H groups in total. The topological polar surface area (TPSA) is 48.8 Å². The molecular weight excluding hydrogens is 291 g/mol. The molecule has 0 radical (unpaired) electrons. The van der Waals surface area contributed by atoms with Crippen LogP contribution in [-0.2, 0) is 0 Å². The maximum atomic E-state index is 4.00. The standard InChI is InChI=1S/C8H18N4.CH3I/c1-4-11-7-12-6-5-8(9-2)10-3;1-2/h8-10H,4-6H2,1-3H3;1H3. The molecular formula is C9H21IN4. The normalized spacial score (nSPS) is 8.71. The van der Waals surface area contributed by atoms with E-state index in [9.17, 15) is 0 Å². The third kappa shape index (κ3) is 12.0. The van der Waals surface area contributed by atoms with Crippen LogP contribution in [0.5, 0.6) is 0 Å². The quantitative estimate of drug-likeness (QED) is 0.337. The fourth-order valence-corrected chi connectivity index (χ4v) is 0.797. The summed E-state index contributed by atoms with van der Waals surface area (Å²) in [5.41, 5.74) is 0. The Morgan fingerprint density at radius 3 is 2.21 bits per heavy atom. The zero-order chi connectivity index (χ0) is 11.2. The maximum Gasteiger partial charge on any atom is 0.0892 e. The molecule has 0 atom stereocenters. The van der Waals surface area contributed by atoms with Crippen LogP contribution in [0.1, 0.15) is 13.3 Å². The average Bonchev–Trinajstić information content (AvgIpc) is 2.26. The van der Waals surface area contributed by atoms with Gasteiger partial charge in [-0.2, -0.15) is 0 Å². The molecule has 0 aliphatic carbocycles. The van der Waals surface area contributed by atoms with Gasteiger partial charge in [-0.25, -0.2) is 9.98 Å². The molecule has 0 bridgehead atoms. The highest BCUT2D eigenvalue weighted by Gasteiger charge is 1.98. The molecule has 0 amide bonds. The van der Waals surface area contributed by atoms with Crippen molar-refractivity contribution in [2.75, 3.05) is 32.1 Å². The third-order valence-electron chi connectivity index (χ3n) is 1.53. The number of alkyl halides is 1. The minimum Gasteiger partial charge on any atom is -0.305 e. The summed E-state index contributed by atoms with van der Waals surface area (Å²) in [7, 11) is 3.84. The average molecular weight is 312 g/mol. The van der Waals surface area contributed by atoms with Crippen molar-refractivity contribution in [2.45, 2.75) is 19.5 Å². The van der Waals surface area contributed by atoms with Gasteiger partial charge < -0.3 is 10.6 Å². The highest BCUT2D eigenvalue weighted by atomic mass is 127. The SMILES string of the molecule is CCN=C=NCCC(NC)NC.CI. The van der Waals surface area contributed by atoms with Gasteiger partial charge in [0, 0.05) is 6.54 Å². The van der Waals surface area contributed by atoms with E-state index in [0.717, 1.165) is 19.5 Å². The van der Waals surface area contributed by atoms with Gasteiger partial charge in [-0.1, -0.05) is 22.6 Å². The number of nitrogens with one attached hydrogen (secondary N) is 2. The molecule has 0 unspecified atom stereocenters. The molecule has 0 heterocycles. The van der Waals surface area contributed by atoms with Crippen LogP contribution in [0.4, 0.5) is 0 Å². The molecule has 0 aliphatic heterocycles. The summed E-state index contributed by atoms with van der Waals surface area (Å²) < 4.78 is 0. The lowest BCUT2D eigenvalue weighted by molar-refractivity contribution is 0.469. The lowest BCUT2D eigenvalue weighted by atomic mass is 10.3. The van der Waals surface area contributed by atoms with E-state index in [0.29, 0.717) is 6.17 Å². The van der Waals surface area contributed by atoms with E-state index in [4.69, 9.17) is 0 Å². The Kier molecular flexibility index (Phi) is 18.2. The van der Waals surface area contributed by atoms with E-state index < -0.39 is 0 Å². The number of halogens is 1. The molecule has 0 saturated heterocycles. The van der Waals surface area contributed by atoms with Gasteiger partial charge in [0.1, 0.15) is 0 Å². The van der Waals surface area contributed by atoms with Crippen molar-refractivity contribution in [3.05, 3.63) is 0 Å². The first kappa shape index (κ1) is 16.5. The Hall–Kier alpha value is 0.0300. The zero-order valence-electron chi connectivity index (χ0n) is 9.47. The Bertz CT molecular complexity index is 151. The van der Waals surface area contributed by atoms with Crippen LogP contribution < -0.4 is 10.6 Å². The van der Waals surface area contributed by atoms with Crippen molar-refractivity contribution < 1.29 is 0 Å². The van der Waals surface area contributed by atoms with Crippen molar-refractivity contribution in [3.8, 4) is 0 Å². The van der Waals surface area contributed by atoms with E-state index in [1.807, 2.05) is 25.9 Å². The second kappa shape index (κ2) is 15.5. The Balaban J connectivity index is 0. The number of hydrogen-bond donors (Lipinski definition) is 2. The van der Waals surface area contributed by atoms with Crippen molar-refractivity contribution in [1.82, 2.24) is 10.6 Å². The summed E-state index contributed by atoms with van der Waals surface area (Å²) >= 11 is 2.15. The van der Waals surface area contributed by atoms with E-state index in [1.165, 1.54) is 0 Å². The summed E-state index contributed by atoms with van der Waals surface area (Å²) in [5.74, 6) is 0. The van der Waals surface area contributed by atoms with Crippen LogP contribution in [0.15, 0.2) is 9.98 Å². The summed E-state index contributed by atoms with van der Waals surface area (Å²) in [4.78, 5) is 9.83. The van der Waals surface area contributed by atoms with Crippen LogP contribution in [0, 0.1) is 0 Å². The molecule has 4 nitrogen and oxygen atoms in total. The van der Waals surface area contributed by atoms with Gasteiger partial charge in [-0.05, 0) is 32.4 Å². The van der Waals surface area contributed by atoms with Crippen molar-refractivity contribution in [3.63, 3.8) is 0 Å². The van der Waals surface area contributed by atoms with E-state index >= 15 is 0 Å². The van der Waals surface area contributed by atoms with Gasteiger partial charge in [0.15, 0.2) is 0 Å². The highest BCUT2D eigenvalue weighted by molar-refractivity contribution is 14.1. The fourth-order valence-electron chi connectivity index (χ4n) is 0.797. The Labute approximate surface area is 101 Å². The number of rotatable bonds is 6. The Morgan fingerprint density at radius 1 is 1.21 bits per heavy atom. The van der Waals surface area contributed by atoms with Gasteiger partial charge in [0.25, 0.3) is 0 Å². The fraction of sp³-hybridized carbons (Fsp3) is 0.889. The molecule has 14 heavy (non-hydrogen) atoms. The van der Waals surface area contributed by atoms with Gasteiger partial charge in [-0.3, -0.25) is 0 Å². The molecule has 0 rings (SSSR count). The number of aliphatic imine (C=N–C) groups is 2. The predicted octanol–water partition coefficient (Wildman–Crippen LogP) is 1.39. The number of hydrogen-bond acceptors (Lipinski definition) is 4. The first-order valence-electron chi connectivity index (χ1n) is 4.65. The Morgan fingerprint density at radius 2 is 1.79 bits per heavy atom. The first-order chi connectivity index (χ1) is 6.85. The zero-order valence-corrected chi connectivity index (χ0v) is 11.6. The summed E-state index contributed by atoms with van der Waals surface area (Å²) in [5, 5.41) is 6.23. The van der Waals surface area contributed by atoms with Crippen LogP contribution in [-0.4, -0.2) is 44.3 Å². The van der Waals surface area contributed by atoms with Crippen LogP contribution in [0.2, 0.25) is 0 Å². The molecule has 0 aromatic rings. The monoisotopic (exact) mass is 312 g/mol. The van der Waals surface area contributed by atoms with Crippen molar-refractivity contribution >= 4 is 28.6 Å². The van der Waals surface area contributed by atoms with Crippen molar-refractivity contribution in [2.24, 2.45) is 9.98 Å². The molecule has 84 valence electrons. The second-order valence-corrected chi connectivity index (χ2v) is 2.37. The second-order valence-electron chi connectivity index (χ2n) is 2.37. The highest BCUT2D eigenvalue weighted by Crippen LogP contribution is 1.85. The summed E-state index contributed by atoms with van der Waals surface area (Å²) in [6.07, 6.45) is 1.29. The maximum absolute atomic E-state index is 4.00. The molecule has 0 spiro atoms. The van der Waals surface area contributed by atoms with Crippen LogP contribution >= 0.6 is 22.6 Å². The first-order valence-corrected chi connectivity index (χ1v) is 6.81. The van der Waals surface area contributed by atoms with Gasteiger partial charge in [0.2, 0.25) is 0 Å². The lowest BCUT2D eigenvalue weighted by Crippen LogP contribution is -2.38. The predicted molar refractivity (Wildman–Crippen MR) is 71.7 cm³/mol. The van der Waals surface area contributed by atoms with Crippen LogP contribution in [0.3, 0.4) is 0 Å². The van der Waals surface area contributed by atoms with Gasteiger partial charge in [0.05, 0.1) is 18.7 Å². The lowest BCUT2D eigenvalue weighted by Gasteiger charge is -2.12. The summed E-state index contributed by atoms with van der Waals surface area (Å²) in [6.45, 7) is 3.48. The van der Waals surface area contributed by atoms with Crippen molar-refractivity contribution in [1.29, 1.82) is 0 Å². The molecule has 0 fully saturated rings. The number of nitrogens with zero attached hydrogens (tertiary/aromatic N) is 2. The van der Waals surface area contributed by atoms with Crippen LogP contribution in [0.25, 0.3) is 0 Å². The molecule has 5 heteroatoms. The van der Waals surface area contributed by atoms with E-state index in [2.05, 4.69) is 49.2 Å². The van der Waals surface area contributed by atoms with E-state index in [1.54, 1.807) is 0 Å². The molecule has 0 aliphatic rings. The minimum absolute atomic E-state index is 0.331. The molecule has 0 saturated carbocycles. The van der Waals surface area contributed by atoms with Gasteiger partial charge in [-0.15, -0.1) is 0 Å². The third-order valence-corrected chi connectivity index (χ3v) is 1.53. The van der Waals surface area contributed by atoms with E-state index in [-0.39, 0.29) is 0 Å². The molecule has 0 aromatic heterocycles. The smallest absolute Gasteiger partial charge is 0.0892 e. The summed E-state index contributed by atoms with van der Waals surface area (Å²) in [6, 6.07) is 2.63. The minimum atomic E-state index is 0.331. The van der Waals surface area contributed by atoms with Gasteiger partial charge >= 0.3 is 0 Å². The largest absolute Gasteiger partial charge is 0.305 e.